The first-order chi connectivity index (χ1) is 13.5. The van der Waals surface area contributed by atoms with E-state index in [1.54, 1.807) is 30.5 Å². The van der Waals surface area contributed by atoms with Crippen molar-refractivity contribution in [1.82, 2.24) is 14.8 Å². The number of aromatic nitrogens is 3. The lowest BCUT2D eigenvalue weighted by Crippen LogP contribution is -2.10. The van der Waals surface area contributed by atoms with Crippen molar-refractivity contribution in [1.29, 1.82) is 0 Å². The molecular formula is C20H17FN4O2S. The highest BCUT2D eigenvalue weighted by Gasteiger charge is 2.17. The Hall–Kier alpha value is -3.26. The smallest absolute Gasteiger partial charge is 0.265 e. The second-order valence-corrected chi connectivity index (χ2v) is 7.27. The zero-order chi connectivity index (χ0) is 19.7. The van der Waals surface area contributed by atoms with Crippen LogP contribution in [0.3, 0.4) is 0 Å². The highest BCUT2D eigenvalue weighted by atomic mass is 32.1. The van der Waals surface area contributed by atoms with Crippen LogP contribution in [0.15, 0.2) is 48.7 Å². The van der Waals surface area contributed by atoms with E-state index in [0.717, 1.165) is 21.5 Å². The maximum Gasteiger partial charge on any atom is 0.265 e. The van der Waals surface area contributed by atoms with Gasteiger partial charge in [-0.2, -0.15) is 5.10 Å². The molecule has 3 aromatic heterocycles. The van der Waals surface area contributed by atoms with Crippen LogP contribution in [0.25, 0.3) is 10.2 Å². The summed E-state index contributed by atoms with van der Waals surface area (Å²) in [5, 5.41) is 8.32. The van der Waals surface area contributed by atoms with E-state index in [-0.39, 0.29) is 11.7 Å². The van der Waals surface area contributed by atoms with Crippen molar-refractivity contribution in [3.8, 4) is 5.88 Å². The van der Waals surface area contributed by atoms with Gasteiger partial charge >= 0.3 is 0 Å². The van der Waals surface area contributed by atoms with Crippen LogP contribution in [-0.4, -0.2) is 27.8 Å². The van der Waals surface area contributed by atoms with E-state index in [4.69, 9.17) is 4.74 Å². The van der Waals surface area contributed by atoms with Crippen molar-refractivity contribution >= 4 is 33.1 Å². The molecule has 28 heavy (non-hydrogen) atoms. The SMILES string of the molecule is COc1ccc(NC(=O)c2cc3c(C)nn(Cc4ccc(F)cc4)c3s2)cn1. The van der Waals surface area contributed by atoms with Crippen molar-refractivity contribution in [2.75, 3.05) is 12.4 Å². The van der Waals surface area contributed by atoms with Crippen LogP contribution in [-0.2, 0) is 6.54 Å². The summed E-state index contributed by atoms with van der Waals surface area (Å²) in [5.74, 6) is 0.00548. The molecule has 1 amide bonds. The van der Waals surface area contributed by atoms with Gasteiger partial charge in [-0.1, -0.05) is 12.1 Å². The summed E-state index contributed by atoms with van der Waals surface area (Å²) in [6.07, 6.45) is 1.55. The summed E-state index contributed by atoms with van der Waals surface area (Å²) in [6, 6.07) is 11.6. The van der Waals surface area contributed by atoms with Crippen molar-refractivity contribution in [3.05, 3.63) is 70.6 Å². The number of carbonyl (C=O) groups excluding carboxylic acids is 1. The average Bonchev–Trinajstić information content (AvgIpc) is 3.26. The maximum absolute atomic E-state index is 13.1. The molecule has 0 aliphatic carbocycles. The largest absolute Gasteiger partial charge is 0.481 e. The molecular weight excluding hydrogens is 379 g/mol. The molecule has 142 valence electrons. The fraction of sp³-hybridized carbons (Fsp3) is 0.150. The normalized spacial score (nSPS) is 11.0. The number of hydrogen-bond donors (Lipinski definition) is 1. The first-order valence-corrected chi connectivity index (χ1v) is 9.38. The van der Waals surface area contributed by atoms with Crippen molar-refractivity contribution in [3.63, 3.8) is 0 Å². The van der Waals surface area contributed by atoms with Gasteiger partial charge in [0, 0.05) is 11.5 Å². The fourth-order valence-electron chi connectivity index (χ4n) is 2.86. The van der Waals surface area contributed by atoms with Crippen LogP contribution < -0.4 is 10.1 Å². The van der Waals surface area contributed by atoms with E-state index in [9.17, 15) is 9.18 Å². The van der Waals surface area contributed by atoms with Gasteiger partial charge in [-0.05, 0) is 36.8 Å². The zero-order valence-electron chi connectivity index (χ0n) is 15.3. The van der Waals surface area contributed by atoms with Crippen LogP contribution in [0.1, 0.15) is 20.9 Å². The number of hydrogen-bond acceptors (Lipinski definition) is 5. The second kappa shape index (κ2) is 7.40. The monoisotopic (exact) mass is 396 g/mol. The molecule has 0 radical (unpaired) electrons. The minimum atomic E-state index is -0.270. The number of carbonyl (C=O) groups is 1. The van der Waals surface area contributed by atoms with E-state index in [1.165, 1.54) is 30.6 Å². The van der Waals surface area contributed by atoms with Crippen LogP contribution >= 0.6 is 11.3 Å². The Balaban J connectivity index is 1.58. The number of rotatable bonds is 5. The molecule has 0 saturated heterocycles. The average molecular weight is 396 g/mol. The van der Waals surface area contributed by atoms with Crippen molar-refractivity contribution in [2.24, 2.45) is 0 Å². The number of ether oxygens (including phenoxy) is 1. The number of nitrogens with one attached hydrogen (secondary N) is 1. The molecule has 0 fully saturated rings. The van der Waals surface area contributed by atoms with Crippen LogP contribution in [0, 0.1) is 12.7 Å². The highest BCUT2D eigenvalue weighted by molar-refractivity contribution is 7.20. The van der Waals surface area contributed by atoms with E-state index in [0.29, 0.717) is 23.0 Å². The van der Waals surface area contributed by atoms with E-state index in [1.807, 2.05) is 17.7 Å². The Morgan fingerprint density at radius 3 is 2.71 bits per heavy atom. The molecule has 0 unspecified atom stereocenters. The van der Waals surface area contributed by atoms with Crippen LogP contribution in [0.2, 0.25) is 0 Å². The topological polar surface area (TPSA) is 69.0 Å². The summed E-state index contributed by atoms with van der Waals surface area (Å²) < 4.78 is 20.0. The number of thiophene rings is 1. The molecule has 0 aliphatic rings. The van der Waals surface area contributed by atoms with Gasteiger partial charge in [-0.25, -0.2) is 9.37 Å². The van der Waals surface area contributed by atoms with Gasteiger partial charge in [-0.3, -0.25) is 9.48 Å². The van der Waals surface area contributed by atoms with Crippen molar-refractivity contribution in [2.45, 2.75) is 13.5 Å². The lowest BCUT2D eigenvalue weighted by molar-refractivity contribution is 0.103. The number of aryl methyl sites for hydroxylation is 1. The number of benzene rings is 1. The van der Waals surface area contributed by atoms with Crippen LogP contribution in [0.5, 0.6) is 5.88 Å². The van der Waals surface area contributed by atoms with Crippen LogP contribution in [0.4, 0.5) is 10.1 Å². The third-order valence-electron chi connectivity index (χ3n) is 4.28. The lowest BCUT2D eigenvalue weighted by Gasteiger charge is -2.04. The van der Waals surface area contributed by atoms with Gasteiger partial charge in [-0.15, -0.1) is 11.3 Å². The number of fused-ring (bicyclic) bond motifs is 1. The molecule has 0 spiro atoms. The molecule has 0 saturated carbocycles. The van der Waals surface area contributed by atoms with Gasteiger partial charge < -0.3 is 10.1 Å². The number of nitrogens with zero attached hydrogens (tertiary/aromatic N) is 3. The Morgan fingerprint density at radius 1 is 1.25 bits per heavy atom. The third kappa shape index (κ3) is 3.59. The predicted molar refractivity (Wildman–Crippen MR) is 107 cm³/mol. The Labute approximate surface area is 164 Å². The number of anilines is 1. The highest BCUT2D eigenvalue weighted by Crippen LogP contribution is 2.29. The second-order valence-electron chi connectivity index (χ2n) is 6.24. The predicted octanol–water partition coefficient (Wildman–Crippen LogP) is 4.25. The summed E-state index contributed by atoms with van der Waals surface area (Å²) in [5.41, 5.74) is 2.38. The molecule has 4 aromatic rings. The molecule has 0 atom stereocenters. The van der Waals surface area contributed by atoms with E-state index < -0.39 is 0 Å². The minimum absolute atomic E-state index is 0.208. The number of halogens is 1. The first kappa shape index (κ1) is 18.1. The molecule has 6 nitrogen and oxygen atoms in total. The minimum Gasteiger partial charge on any atom is -0.481 e. The first-order valence-electron chi connectivity index (χ1n) is 8.56. The third-order valence-corrected chi connectivity index (χ3v) is 5.43. The van der Waals surface area contributed by atoms with E-state index in [2.05, 4.69) is 15.4 Å². The number of pyridine rings is 1. The number of amides is 1. The van der Waals surface area contributed by atoms with E-state index >= 15 is 0 Å². The van der Waals surface area contributed by atoms with Gasteiger partial charge in [0.1, 0.15) is 10.6 Å². The summed E-state index contributed by atoms with van der Waals surface area (Å²) in [7, 11) is 1.54. The quantitative estimate of drug-likeness (QED) is 0.548. The van der Waals surface area contributed by atoms with Gasteiger partial charge in [0.2, 0.25) is 5.88 Å². The Bertz CT molecular complexity index is 1130. The molecule has 1 aromatic carbocycles. The number of methoxy groups -OCH3 is 1. The van der Waals surface area contributed by atoms with Crippen molar-refractivity contribution < 1.29 is 13.9 Å². The summed E-state index contributed by atoms with van der Waals surface area (Å²) >= 11 is 1.37. The molecule has 0 aliphatic heterocycles. The maximum atomic E-state index is 13.1. The Kier molecular flexibility index (Phi) is 4.79. The van der Waals surface area contributed by atoms with Gasteiger partial charge in [0.05, 0.1) is 36.1 Å². The summed E-state index contributed by atoms with van der Waals surface area (Å²) in [6.45, 7) is 2.42. The Morgan fingerprint density at radius 2 is 2.04 bits per heavy atom. The molecule has 3 heterocycles. The molecule has 4 rings (SSSR count). The lowest BCUT2D eigenvalue weighted by atomic mass is 10.2. The molecule has 1 N–H and O–H groups in total. The summed E-state index contributed by atoms with van der Waals surface area (Å²) in [4.78, 5) is 18.2. The molecule has 8 heteroatoms. The molecule has 0 bridgehead atoms. The standard InChI is InChI=1S/C20H17FN4O2S/c1-12-16-9-17(19(26)23-15-7-8-18(27-2)22-10-15)28-20(16)25(24-12)11-13-3-5-14(21)6-4-13/h3-10H,11H2,1-2H3,(H,23,26). The van der Waals surface area contributed by atoms with Gasteiger partial charge in [0.15, 0.2) is 0 Å². The van der Waals surface area contributed by atoms with Gasteiger partial charge in [0.25, 0.3) is 5.91 Å². The fourth-order valence-corrected chi connectivity index (χ4v) is 3.92. The zero-order valence-corrected chi connectivity index (χ0v) is 16.1.